The van der Waals surface area contributed by atoms with Crippen molar-refractivity contribution in [1.82, 2.24) is 0 Å². The van der Waals surface area contributed by atoms with Crippen molar-refractivity contribution in [2.45, 2.75) is 13.3 Å². The van der Waals surface area contributed by atoms with Crippen molar-refractivity contribution in [2.75, 3.05) is 5.32 Å². The minimum atomic E-state index is -1.22. The molecule has 2 rings (SSSR count). The Morgan fingerprint density at radius 3 is 2.59 bits per heavy atom. The van der Waals surface area contributed by atoms with Crippen LogP contribution in [0.2, 0.25) is 0 Å². The number of hydrogen-bond donors (Lipinski definition) is 3. The van der Waals surface area contributed by atoms with Gasteiger partial charge in [-0.05, 0) is 24.5 Å². The van der Waals surface area contributed by atoms with Crippen LogP contribution in [0.25, 0.3) is 0 Å². The van der Waals surface area contributed by atoms with E-state index >= 15 is 0 Å². The highest BCUT2D eigenvalue weighted by Gasteiger charge is 2.39. The molecule has 0 radical (unpaired) electrons. The van der Waals surface area contributed by atoms with Crippen LogP contribution < -0.4 is 5.32 Å². The Balaban J connectivity index is 2.18. The second kappa shape index (κ2) is 4.08. The van der Waals surface area contributed by atoms with E-state index in [4.69, 9.17) is 5.11 Å². The lowest BCUT2D eigenvalue weighted by molar-refractivity contribution is -0.117. The summed E-state index contributed by atoms with van der Waals surface area (Å²) in [5.74, 6) is -1.46. The van der Waals surface area contributed by atoms with Crippen LogP contribution in [0.15, 0.2) is 18.2 Å². The lowest BCUT2D eigenvalue weighted by Crippen LogP contribution is -2.15. The predicted octanol–water partition coefficient (Wildman–Crippen LogP) is 1.68. The van der Waals surface area contributed by atoms with Crippen molar-refractivity contribution in [3.8, 4) is 5.75 Å². The monoisotopic (exact) mass is 235 g/mol. The molecule has 0 aromatic heterocycles. The summed E-state index contributed by atoms with van der Waals surface area (Å²) < 4.78 is 0. The van der Waals surface area contributed by atoms with E-state index in [1.807, 2.05) is 6.92 Å². The third-order valence-electron chi connectivity index (χ3n) is 2.97. The number of carbonyl (C=O) groups excluding carboxylic acids is 1. The molecule has 1 aliphatic rings. The molecule has 3 N–H and O–H groups in total. The molecule has 5 heteroatoms. The molecule has 90 valence electrons. The van der Waals surface area contributed by atoms with Crippen molar-refractivity contribution in [2.24, 2.45) is 11.8 Å². The van der Waals surface area contributed by atoms with Gasteiger partial charge in [-0.3, -0.25) is 4.79 Å². The van der Waals surface area contributed by atoms with Crippen LogP contribution in [0.5, 0.6) is 5.75 Å². The van der Waals surface area contributed by atoms with Crippen molar-refractivity contribution < 1.29 is 19.8 Å². The maximum Gasteiger partial charge on any atom is 0.339 e. The summed E-state index contributed by atoms with van der Waals surface area (Å²) >= 11 is 0. The number of rotatable bonds is 3. The highest BCUT2D eigenvalue weighted by Crippen LogP contribution is 2.39. The van der Waals surface area contributed by atoms with Crippen LogP contribution in [-0.4, -0.2) is 22.1 Å². The highest BCUT2D eigenvalue weighted by molar-refractivity contribution is 5.99. The summed E-state index contributed by atoms with van der Waals surface area (Å²) in [6.07, 6.45) is 0.839. The number of carbonyl (C=O) groups is 2. The number of amides is 1. The summed E-state index contributed by atoms with van der Waals surface area (Å²) in [6.45, 7) is 1.97. The summed E-state index contributed by atoms with van der Waals surface area (Å²) in [4.78, 5) is 22.4. The second-order valence-corrected chi connectivity index (χ2v) is 4.32. The van der Waals surface area contributed by atoms with Crippen LogP contribution in [0.1, 0.15) is 23.7 Å². The Morgan fingerprint density at radius 1 is 1.41 bits per heavy atom. The van der Waals surface area contributed by atoms with E-state index in [0.29, 0.717) is 5.92 Å². The van der Waals surface area contributed by atoms with Gasteiger partial charge in [0, 0.05) is 5.92 Å². The molecule has 0 aliphatic heterocycles. The maximum absolute atomic E-state index is 11.6. The predicted molar refractivity (Wildman–Crippen MR) is 61.0 cm³/mol. The first-order valence-electron chi connectivity index (χ1n) is 5.37. The summed E-state index contributed by atoms with van der Waals surface area (Å²) in [5, 5.41) is 21.0. The Labute approximate surface area is 98.1 Å². The number of carboxylic acids is 1. The molecule has 2 unspecified atom stereocenters. The SMILES string of the molecule is CC1CC1C(=O)Nc1cccc(C(=O)O)c1O. The lowest BCUT2D eigenvalue weighted by Gasteiger charge is -2.08. The fourth-order valence-corrected chi connectivity index (χ4v) is 1.73. The van der Waals surface area contributed by atoms with Gasteiger partial charge in [0.15, 0.2) is 5.75 Å². The van der Waals surface area contributed by atoms with Crippen LogP contribution in [0, 0.1) is 11.8 Å². The standard InChI is InChI=1S/C12H13NO4/c1-6-5-8(6)11(15)13-9-4-2-3-7(10(9)14)12(16)17/h2-4,6,8,14H,5H2,1H3,(H,13,15)(H,16,17). The number of para-hydroxylation sites is 1. The number of anilines is 1. The molecule has 1 aliphatic carbocycles. The van der Waals surface area contributed by atoms with Crippen LogP contribution in [0.3, 0.4) is 0 Å². The van der Waals surface area contributed by atoms with E-state index in [-0.39, 0.29) is 23.1 Å². The zero-order chi connectivity index (χ0) is 12.6. The van der Waals surface area contributed by atoms with E-state index in [1.165, 1.54) is 18.2 Å². The Morgan fingerprint density at radius 2 is 2.06 bits per heavy atom. The van der Waals surface area contributed by atoms with E-state index < -0.39 is 11.7 Å². The maximum atomic E-state index is 11.6. The largest absolute Gasteiger partial charge is 0.505 e. The molecule has 1 aromatic carbocycles. The quantitative estimate of drug-likeness (QED) is 0.696. The number of carboxylic acid groups (broad SMARTS) is 1. The molecule has 0 bridgehead atoms. The molecule has 1 saturated carbocycles. The fraction of sp³-hybridized carbons (Fsp3) is 0.333. The number of hydrogen-bond acceptors (Lipinski definition) is 3. The molecular formula is C12H13NO4. The van der Waals surface area contributed by atoms with Gasteiger partial charge in [0.05, 0.1) is 5.69 Å². The van der Waals surface area contributed by atoms with Crippen LogP contribution >= 0.6 is 0 Å². The zero-order valence-corrected chi connectivity index (χ0v) is 9.30. The molecule has 1 amide bonds. The van der Waals surface area contributed by atoms with Gasteiger partial charge in [0.1, 0.15) is 5.56 Å². The Bertz CT molecular complexity index is 483. The minimum Gasteiger partial charge on any atom is -0.505 e. The van der Waals surface area contributed by atoms with E-state index in [2.05, 4.69) is 5.32 Å². The van der Waals surface area contributed by atoms with Crippen LogP contribution in [-0.2, 0) is 4.79 Å². The second-order valence-electron chi connectivity index (χ2n) is 4.32. The van der Waals surface area contributed by atoms with Gasteiger partial charge in [0.25, 0.3) is 0 Å². The van der Waals surface area contributed by atoms with E-state index in [0.717, 1.165) is 6.42 Å². The van der Waals surface area contributed by atoms with E-state index in [9.17, 15) is 14.7 Å². The number of phenols is 1. The smallest absolute Gasteiger partial charge is 0.339 e. The summed E-state index contributed by atoms with van der Waals surface area (Å²) in [5.41, 5.74) is -0.0688. The molecule has 0 spiro atoms. The minimum absolute atomic E-state index is 0.0251. The van der Waals surface area contributed by atoms with Crippen LogP contribution in [0.4, 0.5) is 5.69 Å². The topological polar surface area (TPSA) is 86.6 Å². The molecule has 1 aromatic rings. The molecular weight excluding hydrogens is 222 g/mol. The van der Waals surface area contributed by atoms with Gasteiger partial charge >= 0.3 is 5.97 Å². The van der Waals surface area contributed by atoms with Gasteiger partial charge in [-0.25, -0.2) is 4.79 Å². The Kier molecular flexibility index (Phi) is 2.75. The van der Waals surface area contributed by atoms with Gasteiger partial charge in [-0.1, -0.05) is 13.0 Å². The normalized spacial score (nSPS) is 21.9. The first kappa shape index (κ1) is 11.4. The van der Waals surface area contributed by atoms with Gasteiger partial charge in [-0.15, -0.1) is 0 Å². The first-order valence-corrected chi connectivity index (χ1v) is 5.37. The average molecular weight is 235 g/mol. The average Bonchev–Trinajstić information content (AvgIpc) is 2.98. The molecule has 1 fully saturated rings. The van der Waals surface area contributed by atoms with E-state index in [1.54, 1.807) is 0 Å². The lowest BCUT2D eigenvalue weighted by atomic mass is 10.1. The van der Waals surface area contributed by atoms with Crippen molar-refractivity contribution >= 4 is 17.6 Å². The third-order valence-corrected chi connectivity index (χ3v) is 2.97. The number of aromatic carboxylic acids is 1. The number of nitrogens with one attached hydrogen (secondary N) is 1. The summed E-state index contributed by atoms with van der Waals surface area (Å²) in [7, 11) is 0. The van der Waals surface area contributed by atoms with Gasteiger partial charge < -0.3 is 15.5 Å². The molecule has 5 nitrogen and oxygen atoms in total. The van der Waals surface area contributed by atoms with Gasteiger partial charge in [0.2, 0.25) is 5.91 Å². The molecule has 0 heterocycles. The summed E-state index contributed by atoms with van der Waals surface area (Å²) in [6, 6.07) is 4.24. The first-order chi connectivity index (χ1) is 8.00. The van der Waals surface area contributed by atoms with Crippen molar-refractivity contribution in [3.63, 3.8) is 0 Å². The number of benzene rings is 1. The molecule has 17 heavy (non-hydrogen) atoms. The third kappa shape index (κ3) is 2.22. The highest BCUT2D eigenvalue weighted by atomic mass is 16.4. The zero-order valence-electron chi connectivity index (χ0n) is 9.30. The van der Waals surface area contributed by atoms with Crippen molar-refractivity contribution in [3.05, 3.63) is 23.8 Å². The molecule has 0 saturated heterocycles. The van der Waals surface area contributed by atoms with Crippen molar-refractivity contribution in [1.29, 1.82) is 0 Å². The fourth-order valence-electron chi connectivity index (χ4n) is 1.73. The number of aromatic hydroxyl groups is 1. The van der Waals surface area contributed by atoms with Gasteiger partial charge in [-0.2, -0.15) is 0 Å². The molecule has 2 atom stereocenters. The Hall–Kier alpha value is -2.04.